The van der Waals surface area contributed by atoms with Crippen LogP contribution in [0.2, 0.25) is 0 Å². The maximum absolute atomic E-state index is 12.7. The van der Waals surface area contributed by atoms with Gasteiger partial charge in [-0.15, -0.1) is 10.2 Å². The first kappa shape index (κ1) is 18.2. The number of carbonyl (C=O) groups excluding carboxylic acids is 1. The molecular weight excluding hydrogens is 346 g/mol. The molecular formula is C19H27N5O3. The first-order valence-electron chi connectivity index (χ1n) is 9.82. The third-order valence-corrected chi connectivity index (χ3v) is 5.85. The summed E-state index contributed by atoms with van der Waals surface area (Å²) in [5.74, 6) is 3.37. The van der Waals surface area contributed by atoms with Crippen LogP contribution in [0, 0.1) is 19.8 Å². The van der Waals surface area contributed by atoms with Crippen molar-refractivity contribution in [1.82, 2.24) is 25.2 Å². The fraction of sp³-hybridized carbons (Fsp3) is 0.684. The summed E-state index contributed by atoms with van der Waals surface area (Å²) in [6.07, 6.45) is 4.41. The molecule has 146 valence electrons. The lowest BCUT2D eigenvalue weighted by molar-refractivity contribution is -0.125. The maximum atomic E-state index is 12.7. The van der Waals surface area contributed by atoms with Gasteiger partial charge in [0.1, 0.15) is 17.4 Å². The number of amides is 1. The van der Waals surface area contributed by atoms with Crippen molar-refractivity contribution in [2.45, 2.75) is 65.0 Å². The number of rotatable bonds is 4. The largest absolute Gasteiger partial charge is 0.381 e. The molecule has 8 nitrogen and oxygen atoms in total. The lowest BCUT2D eigenvalue weighted by atomic mass is 9.98. The van der Waals surface area contributed by atoms with Crippen LogP contribution in [0.4, 0.5) is 0 Å². The summed E-state index contributed by atoms with van der Waals surface area (Å²) in [5.41, 5.74) is 1.80. The van der Waals surface area contributed by atoms with Crippen LogP contribution in [0.25, 0.3) is 0 Å². The molecule has 4 heterocycles. The van der Waals surface area contributed by atoms with Crippen LogP contribution in [0.5, 0.6) is 0 Å². The zero-order valence-electron chi connectivity index (χ0n) is 16.0. The zero-order chi connectivity index (χ0) is 18.8. The minimum absolute atomic E-state index is 0.00490. The molecule has 8 heteroatoms. The van der Waals surface area contributed by atoms with E-state index < -0.39 is 0 Å². The Labute approximate surface area is 158 Å². The Kier molecular flexibility index (Phi) is 5.24. The van der Waals surface area contributed by atoms with Crippen LogP contribution in [0.1, 0.15) is 60.3 Å². The first-order chi connectivity index (χ1) is 13.1. The van der Waals surface area contributed by atoms with Gasteiger partial charge in [-0.1, -0.05) is 5.16 Å². The van der Waals surface area contributed by atoms with Gasteiger partial charge in [0.05, 0.1) is 5.69 Å². The van der Waals surface area contributed by atoms with Gasteiger partial charge in [0.15, 0.2) is 0 Å². The zero-order valence-corrected chi connectivity index (χ0v) is 16.0. The molecule has 0 saturated carbocycles. The molecule has 1 amide bonds. The van der Waals surface area contributed by atoms with Crippen LogP contribution in [0.3, 0.4) is 0 Å². The topological polar surface area (TPSA) is 95.1 Å². The van der Waals surface area contributed by atoms with E-state index >= 15 is 0 Å². The summed E-state index contributed by atoms with van der Waals surface area (Å²) >= 11 is 0. The number of carbonyl (C=O) groups is 1. The van der Waals surface area contributed by atoms with Crippen molar-refractivity contribution in [2.75, 3.05) is 13.2 Å². The van der Waals surface area contributed by atoms with Crippen LogP contribution in [0.15, 0.2) is 4.52 Å². The third-order valence-electron chi connectivity index (χ3n) is 5.85. The molecule has 2 aromatic rings. The summed E-state index contributed by atoms with van der Waals surface area (Å²) in [7, 11) is 0. The number of aromatic nitrogens is 4. The number of aryl methyl sites for hydroxylation is 3. The highest BCUT2D eigenvalue weighted by Gasteiger charge is 2.28. The molecule has 27 heavy (non-hydrogen) atoms. The van der Waals surface area contributed by atoms with Crippen LogP contribution in [-0.2, 0) is 29.0 Å². The Morgan fingerprint density at radius 1 is 1.19 bits per heavy atom. The number of hydrogen-bond donors (Lipinski definition) is 1. The van der Waals surface area contributed by atoms with Gasteiger partial charge >= 0.3 is 0 Å². The summed E-state index contributed by atoms with van der Waals surface area (Å²) in [4.78, 5) is 12.7. The molecule has 0 bridgehead atoms. The number of hydrogen-bond acceptors (Lipinski definition) is 6. The van der Waals surface area contributed by atoms with Gasteiger partial charge in [-0.05, 0) is 39.5 Å². The molecule has 0 aliphatic carbocycles. The van der Waals surface area contributed by atoms with Crippen LogP contribution in [-0.4, -0.2) is 39.0 Å². The average molecular weight is 373 g/mol. The van der Waals surface area contributed by atoms with E-state index in [0.29, 0.717) is 12.5 Å². The van der Waals surface area contributed by atoms with E-state index in [0.717, 1.165) is 80.5 Å². The first-order valence-corrected chi connectivity index (χ1v) is 9.82. The summed E-state index contributed by atoms with van der Waals surface area (Å²) < 4.78 is 12.9. The molecule has 2 aliphatic heterocycles. The van der Waals surface area contributed by atoms with Gasteiger partial charge in [0.25, 0.3) is 0 Å². The van der Waals surface area contributed by atoms with Gasteiger partial charge in [0.2, 0.25) is 5.91 Å². The Bertz CT molecular complexity index is 787. The smallest absolute Gasteiger partial charge is 0.223 e. The second kappa shape index (κ2) is 7.80. The van der Waals surface area contributed by atoms with E-state index in [9.17, 15) is 4.79 Å². The van der Waals surface area contributed by atoms with E-state index in [4.69, 9.17) is 9.26 Å². The van der Waals surface area contributed by atoms with Crippen LogP contribution >= 0.6 is 0 Å². The monoisotopic (exact) mass is 373 g/mol. The van der Waals surface area contributed by atoms with Gasteiger partial charge in [-0.2, -0.15) is 0 Å². The van der Waals surface area contributed by atoms with Crippen molar-refractivity contribution in [3.8, 4) is 0 Å². The molecule has 1 fully saturated rings. The van der Waals surface area contributed by atoms with Crippen molar-refractivity contribution < 1.29 is 14.1 Å². The highest BCUT2D eigenvalue weighted by molar-refractivity contribution is 5.78. The number of ether oxygens (including phenoxy) is 1. The van der Waals surface area contributed by atoms with Crippen molar-refractivity contribution in [1.29, 1.82) is 0 Å². The third kappa shape index (κ3) is 3.76. The maximum Gasteiger partial charge on any atom is 0.223 e. The fourth-order valence-electron chi connectivity index (χ4n) is 4.10. The van der Waals surface area contributed by atoms with Gasteiger partial charge in [0, 0.05) is 50.1 Å². The standard InChI is InChI=1S/C19H27N5O3/c1-12-16(13(2)27-23-12)11-20-19(25)15-3-4-17-21-22-18(24(17)8-5-15)14-6-9-26-10-7-14/h14-15H,3-11H2,1-2H3,(H,20,25). The molecule has 0 spiro atoms. The average Bonchev–Trinajstić information content (AvgIpc) is 3.16. The van der Waals surface area contributed by atoms with Gasteiger partial charge in [-0.3, -0.25) is 4.79 Å². The minimum atomic E-state index is -0.00490. The number of nitrogens with zero attached hydrogens (tertiary/aromatic N) is 4. The second-order valence-electron chi connectivity index (χ2n) is 7.56. The quantitative estimate of drug-likeness (QED) is 0.881. The number of fused-ring (bicyclic) bond motifs is 1. The molecule has 1 N–H and O–H groups in total. The van der Waals surface area contributed by atoms with Crippen molar-refractivity contribution in [3.63, 3.8) is 0 Å². The van der Waals surface area contributed by atoms with E-state index in [1.54, 1.807) is 0 Å². The Hall–Kier alpha value is -2.22. The summed E-state index contributed by atoms with van der Waals surface area (Å²) in [5, 5.41) is 15.9. The van der Waals surface area contributed by atoms with E-state index in [2.05, 4.69) is 25.2 Å². The fourth-order valence-corrected chi connectivity index (χ4v) is 4.10. The predicted molar refractivity (Wildman–Crippen MR) is 97.1 cm³/mol. The molecule has 4 rings (SSSR count). The van der Waals surface area contributed by atoms with Crippen molar-refractivity contribution in [2.24, 2.45) is 5.92 Å². The molecule has 0 aromatic carbocycles. The molecule has 2 aliphatic rings. The second-order valence-corrected chi connectivity index (χ2v) is 7.56. The van der Waals surface area contributed by atoms with E-state index in [-0.39, 0.29) is 11.8 Å². The van der Waals surface area contributed by atoms with Crippen LogP contribution < -0.4 is 5.32 Å². The Balaban J connectivity index is 1.38. The lowest BCUT2D eigenvalue weighted by Gasteiger charge is -2.22. The van der Waals surface area contributed by atoms with Crippen molar-refractivity contribution in [3.05, 3.63) is 28.7 Å². The van der Waals surface area contributed by atoms with E-state index in [1.165, 1.54) is 0 Å². The highest BCUT2D eigenvalue weighted by Crippen LogP contribution is 2.29. The predicted octanol–water partition coefficient (Wildman–Crippen LogP) is 2.05. The number of nitrogens with one attached hydrogen (secondary N) is 1. The van der Waals surface area contributed by atoms with Crippen molar-refractivity contribution >= 4 is 5.91 Å². The van der Waals surface area contributed by atoms with Gasteiger partial charge < -0.3 is 19.1 Å². The molecule has 2 aromatic heterocycles. The van der Waals surface area contributed by atoms with Gasteiger partial charge in [-0.25, -0.2) is 0 Å². The normalized spacial score (nSPS) is 20.9. The molecule has 1 saturated heterocycles. The summed E-state index contributed by atoms with van der Waals surface area (Å²) in [6, 6.07) is 0. The minimum Gasteiger partial charge on any atom is -0.381 e. The Morgan fingerprint density at radius 3 is 2.74 bits per heavy atom. The molecule has 1 unspecified atom stereocenters. The Morgan fingerprint density at radius 2 is 2.00 bits per heavy atom. The lowest BCUT2D eigenvalue weighted by Crippen LogP contribution is -2.31. The molecule has 0 radical (unpaired) electrons. The molecule has 1 atom stereocenters. The summed E-state index contributed by atoms with van der Waals surface area (Å²) in [6.45, 7) is 6.62. The highest BCUT2D eigenvalue weighted by atomic mass is 16.5. The SMILES string of the molecule is Cc1noc(C)c1CNC(=O)C1CCc2nnc(C3CCOCC3)n2CC1. The van der Waals surface area contributed by atoms with E-state index in [1.807, 2.05) is 13.8 Å².